The molecule has 0 spiro atoms. The Morgan fingerprint density at radius 1 is 0.889 bits per heavy atom. The molecule has 88 valence electrons. The fourth-order valence-corrected chi connectivity index (χ4v) is 2.11. The molecule has 3 heteroatoms. The number of nitrogens with one attached hydrogen (secondary N) is 1. The summed E-state index contributed by atoms with van der Waals surface area (Å²) in [5, 5.41) is 0.709. The third-order valence-corrected chi connectivity index (χ3v) is 2.93. The van der Waals surface area contributed by atoms with Gasteiger partial charge in [0.1, 0.15) is 0 Å². The van der Waals surface area contributed by atoms with Crippen molar-refractivity contribution < 1.29 is 4.39 Å². The molecular weight excluding hydrogens is 229 g/mol. The van der Waals surface area contributed by atoms with Crippen molar-refractivity contribution >= 4 is 10.9 Å². The Labute approximate surface area is 103 Å². The van der Waals surface area contributed by atoms with Gasteiger partial charge in [0, 0.05) is 16.5 Å². The van der Waals surface area contributed by atoms with Crippen LogP contribution in [-0.2, 0) is 0 Å². The summed E-state index contributed by atoms with van der Waals surface area (Å²) in [7, 11) is 0. The van der Waals surface area contributed by atoms with Gasteiger partial charge in [-0.1, -0.05) is 48.5 Å². The van der Waals surface area contributed by atoms with Gasteiger partial charge in [0.15, 0.2) is 5.82 Å². The molecule has 2 nitrogen and oxygen atoms in total. The average Bonchev–Trinajstić information content (AvgIpc) is 2.41. The first-order valence-corrected chi connectivity index (χ1v) is 5.63. The molecule has 0 saturated heterocycles. The number of pyridine rings is 1. The zero-order chi connectivity index (χ0) is 12.5. The van der Waals surface area contributed by atoms with Gasteiger partial charge in [0.05, 0.1) is 0 Å². The highest BCUT2D eigenvalue weighted by Gasteiger charge is 2.13. The van der Waals surface area contributed by atoms with Crippen LogP contribution >= 0.6 is 0 Å². The first-order chi connectivity index (χ1) is 8.77. The number of H-pyrrole nitrogens is 1. The van der Waals surface area contributed by atoms with Crippen LogP contribution in [0.25, 0.3) is 22.0 Å². The summed E-state index contributed by atoms with van der Waals surface area (Å²) in [6, 6.07) is 16.3. The van der Waals surface area contributed by atoms with Crippen molar-refractivity contribution in [2.75, 3.05) is 0 Å². The van der Waals surface area contributed by atoms with E-state index in [-0.39, 0.29) is 0 Å². The Balaban J connectivity index is 2.47. The lowest BCUT2D eigenvalue weighted by atomic mass is 10.0. The van der Waals surface area contributed by atoms with E-state index in [0.29, 0.717) is 22.0 Å². The predicted molar refractivity (Wildman–Crippen MR) is 70.0 cm³/mol. The summed E-state index contributed by atoms with van der Waals surface area (Å²) < 4.78 is 14.1. The number of hydrogen-bond acceptors (Lipinski definition) is 1. The smallest absolute Gasteiger partial charge is 0.285 e. The van der Waals surface area contributed by atoms with Gasteiger partial charge in [-0.15, -0.1) is 0 Å². The molecule has 0 unspecified atom stereocenters. The van der Waals surface area contributed by atoms with E-state index >= 15 is 0 Å². The summed E-state index contributed by atoms with van der Waals surface area (Å²) >= 11 is 0. The van der Waals surface area contributed by atoms with Gasteiger partial charge in [0.25, 0.3) is 5.56 Å². The number of halogens is 1. The van der Waals surface area contributed by atoms with E-state index in [4.69, 9.17) is 0 Å². The molecule has 1 heterocycles. The van der Waals surface area contributed by atoms with Gasteiger partial charge in [-0.2, -0.15) is 0 Å². The molecule has 0 saturated carbocycles. The Morgan fingerprint density at radius 3 is 2.33 bits per heavy atom. The maximum absolute atomic E-state index is 14.1. The van der Waals surface area contributed by atoms with E-state index in [1.54, 1.807) is 24.3 Å². The molecule has 0 fully saturated rings. The highest BCUT2D eigenvalue weighted by molar-refractivity contribution is 5.94. The van der Waals surface area contributed by atoms with Gasteiger partial charge in [-0.05, 0) is 11.6 Å². The van der Waals surface area contributed by atoms with Crippen molar-refractivity contribution in [3.63, 3.8) is 0 Å². The van der Waals surface area contributed by atoms with Crippen LogP contribution in [0.4, 0.5) is 4.39 Å². The first kappa shape index (κ1) is 10.7. The van der Waals surface area contributed by atoms with Crippen LogP contribution in [0.1, 0.15) is 0 Å². The molecule has 0 aliphatic rings. The number of rotatable bonds is 1. The largest absolute Gasteiger partial charge is 0.319 e. The monoisotopic (exact) mass is 239 g/mol. The molecule has 1 aromatic heterocycles. The lowest BCUT2D eigenvalue weighted by Crippen LogP contribution is -2.12. The lowest BCUT2D eigenvalue weighted by molar-refractivity contribution is 0.615. The van der Waals surface area contributed by atoms with Crippen LogP contribution in [0.5, 0.6) is 0 Å². The molecule has 0 atom stereocenters. The predicted octanol–water partition coefficient (Wildman–Crippen LogP) is 3.33. The quantitative estimate of drug-likeness (QED) is 0.694. The van der Waals surface area contributed by atoms with Crippen LogP contribution < -0.4 is 5.56 Å². The number of aromatic amines is 1. The number of para-hydroxylation sites is 1. The van der Waals surface area contributed by atoms with E-state index in [9.17, 15) is 9.18 Å². The second kappa shape index (κ2) is 4.11. The summed E-state index contributed by atoms with van der Waals surface area (Å²) in [4.78, 5) is 14.1. The average molecular weight is 239 g/mol. The zero-order valence-electron chi connectivity index (χ0n) is 9.48. The minimum absolute atomic E-state index is 0.356. The van der Waals surface area contributed by atoms with E-state index in [2.05, 4.69) is 4.98 Å². The number of hydrogen-bond donors (Lipinski definition) is 1. The van der Waals surface area contributed by atoms with Crippen LogP contribution in [0, 0.1) is 5.82 Å². The van der Waals surface area contributed by atoms with Crippen LogP contribution in [-0.4, -0.2) is 4.98 Å². The van der Waals surface area contributed by atoms with Crippen LogP contribution in [0.3, 0.4) is 0 Å². The Kier molecular flexibility index (Phi) is 2.45. The third-order valence-electron chi connectivity index (χ3n) is 2.93. The summed E-state index contributed by atoms with van der Waals surface area (Å²) in [6.07, 6.45) is 0. The molecule has 18 heavy (non-hydrogen) atoms. The van der Waals surface area contributed by atoms with Crippen LogP contribution in [0.15, 0.2) is 59.4 Å². The molecule has 1 N–H and O–H groups in total. The summed E-state index contributed by atoms with van der Waals surface area (Å²) in [5.41, 5.74) is 1.02. The van der Waals surface area contributed by atoms with Gasteiger partial charge in [0.2, 0.25) is 0 Å². The Morgan fingerprint density at radius 2 is 1.56 bits per heavy atom. The normalized spacial score (nSPS) is 10.7. The minimum Gasteiger partial charge on any atom is -0.319 e. The minimum atomic E-state index is -0.736. The van der Waals surface area contributed by atoms with Gasteiger partial charge >= 0.3 is 0 Å². The van der Waals surface area contributed by atoms with E-state index in [1.165, 1.54) is 0 Å². The molecule has 0 aliphatic carbocycles. The standard InChI is InChI=1S/C15H10FNO/c16-14-13(10-6-2-1-3-7-10)11-8-4-5-9-12(11)17-15(14)18/h1-9H,(H,17,18). The molecule has 0 amide bonds. The first-order valence-electron chi connectivity index (χ1n) is 5.63. The number of fused-ring (bicyclic) bond motifs is 1. The van der Waals surface area contributed by atoms with E-state index in [0.717, 1.165) is 0 Å². The highest BCUT2D eigenvalue weighted by atomic mass is 19.1. The van der Waals surface area contributed by atoms with Crippen molar-refractivity contribution in [3.05, 3.63) is 70.8 Å². The van der Waals surface area contributed by atoms with E-state index in [1.807, 2.05) is 30.3 Å². The van der Waals surface area contributed by atoms with Crippen LogP contribution in [0.2, 0.25) is 0 Å². The third kappa shape index (κ3) is 1.61. The number of aromatic nitrogens is 1. The molecule has 0 bridgehead atoms. The fraction of sp³-hybridized carbons (Fsp3) is 0. The Bertz CT molecular complexity index is 762. The zero-order valence-corrected chi connectivity index (χ0v) is 9.48. The molecule has 0 radical (unpaired) electrons. The van der Waals surface area contributed by atoms with Gasteiger partial charge < -0.3 is 4.98 Å². The van der Waals surface area contributed by atoms with E-state index < -0.39 is 11.4 Å². The second-order valence-electron chi connectivity index (χ2n) is 4.05. The number of benzene rings is 2. The molecule has 2 aromatic carbocycles. The van der Waals surface area contributed by atoms with Crippen molar-refractivity contribution in [3.8, 4) is 11.1 Å². The maximum atomic E-state index is 14.1. The SMILES string of the molecule is O=c1[nH]c2ccccc2c(-c2ccccc2)c1F. The van der Waals surface area contributed by atoms with Crippen molar-refractivity contribution in [2.24, 2.45) is 0 Å². The topological polar surface area (TPSA) is 32.9 Å². The molecule has 3 aromatic rings. The Hall–Kier alpha value is -2.42. The van der Waals surface area contributed by atoms with Crippen molar-refractivity contribution in [1.82, 2.24) is 4.98 Å². The fourth-order valence-electron chi connectivity index (χ4n) is 2.11. The van der Waals surface area contributed by atoms with Gasteiger partial charge in [-0.3, -0.25) is 4.79 Å². The van der Waals surface area contributed by atoms with Crippen molar-refractivity contribution in [2.45, 2.75) is 0 Å². The van der Waals surface area contributed by atoms with Gasteiger partial charge in [-0.25, -0.2) is 4.39 Å². The molecule has 0 aliphatic heterocycles. The molecular formula is C15H10FNO. The maximum Gasteiger partial charge on any atom is 0.285 e. The van der Waals surface area contributed by atoms with Crippen molar-refractivity contribution in [1.29, 1.82) is 0 Å². The summed E-state index contributed by atoms with van der Waals surface area (Å²) in [6.45, 7) is 0. The molecule has 3 rings (SSSR count). The lowest BCUT2D eigenvalue weighted by Gasteiger charge is -2.07. The summed E-state index contributed by atoms with van der Waals surface area (Å²) in [5.74, 6) is -0.736. The second-order valence-corrected chi connectivity index (χ2v) is 4.05. The highest BCUT2D eigenvalue weighted by Crippen LogP contribution is 2.28.